The van der Waals surface area contributed by atoms with E-state index in [1.54, 1.807) is 0 Å². The molecule has 0 aromatic carbocycles. The van der Waals surface area contributed by atoms with Gasteiger partial charge < -0.3 is 10.2 Å². The predicted molar refractivity (Wildman–Crippen MR) is 81.7 cm³/mol. The molecule has 2 unspecified atom stereocenters. The predicted octanol–water partition coefficient (Wildman–Crippen LogP) is 3.14. The second-order valence-electron chi connectivity index (χ2n) is 5.69. The number of nitrogens with zero attached hydrogens (tertiary/aromatic N) is 2. The molecule has 1 aliphatic heterocycles. The Morgan fingerprint density at radius 1 is 1.42 bits per heavy atom. The van der Waals surface area contributed by atoms with Crippen molar-refractivity contribution in [2.45, 2.75) is 58.5 Å². The van der Waals surface area contributed by atoms with Gasteiger partial charge in [0.15, 0.2) is 0 Å². The second-order valence-corrected chi connectivity index (χ2v) is 5.69. The maximum Gasteiger partial charge on any atom is 0.128 e. The number of anilines is 1. The quantitative estimate of drug-likeness (QED) is 0.882. The minimum Gasteiger partial charge on any atom is -0.352 e. The van der Waals surface area contributed by atoms with Crippen molar-refractivity contribution in [3.63, 3.8) is 0 Å². The summed E-state index contributed by atoms with van der Waals surface area (Å²) in [6.07, 6.45) is 7.07. The summed E-state index contributed by atoms with van der Waals surface area (Å²) in [5.41, 5.74) is 1.23. The zero-order valence-corrected chi connectivity index (χ0v) is 12.5. The number of hydrogen-bond donors (Lipinski definition) is 1. The Bertz CT molecular complexity index is 374. The topological polar surface area (TPSA) is 28.2 Å². The largest absolute Gasteiger partial charge is 0.352 e. The van der Waals surface area contributed by atoms with Crippen molar-refractivity contribution < 1.29 is 0 Å². The highest BCUT2D eigenvalue weighted by molar-refractivity contribution is 5.41. The van der Waals surface area contributed by atoms with Gasteiger partial charge in [0.25, 0.3) is 0 Å². The molecule has 0 radical (unpaired) electrons. The zero-order valence-electron chi connectivity index (χ0n) is 12.5. The average molecular weight is 261 g/mol. The molecule has 3 nitrogen and oxygen atoms in total. The summed E-state index contributed by atoms with van der Waals surface area (Å²) in [6.45, 7) is 8.87. The monoisotopic (exact) mass is 261 g/mol. The smallest absolute Gasteiger partial charge is 0.128 e. The molecule has 0 aliphatic carbocycles. The van der Waals surface area contributed by atoms with Crippen LogP contribution in [0.15, 0.2) is 18.3 Å². The maximum absolute atomic E-state index is 4.61. The summed E-state index contributed by atoms with van der Waals surface area (Å²) in [5, 5.41) is 3.64. The highest BCUT2D eigenvalue weighted by atomic mass is 15.2. The summed E-state index contributed by atoms with van der Waals surface area (Å²) in [4.78, 5) is 7.11. The number of hydrogen-bond acceptors (Lipinski definition) is 3. The minimum atomic E-state index is 0.531. The zero-order chi connectivity index (χ0) is 13.7. The Labute approximate surface area is 117 Å². The Kier molecular flexibility index (Phi) is 5.20. The van der Waals surface area contributed by atoms with Gasteiger partial charge >= 0.3 is 0 Å². The van der Waals surface area contributed by atoms with Crippen molar-refractivity contribution in [2.24, 2.45) is 0 Å². The lowest BCUT2D eigenvalue weighted by Gasteiger charge is -2.40. The number of aromatic nitrogens is 1. The molecule has 2 rings (SSSR count). The highest BCUT2D eigenvalue weighted by Crippen LogP contribution is 2.25. The molecule has 0 saturated carbocycles. The van der Waals surface area contributed by atoms with Gasteiger partial charge in [-0.1, -0.05) is 13.0 Å². The van der Waals surface area contributed by atoms with Crippen LogP contribution in [0.25, 0.3) is 0 Å². The fourth-order valence-electron chi connectivity index (χ4n) is 2.90. The van der Waals surface area contributed by atoms with Crippen LogP contribution in [-0.2, 0) is 0 Å². The molecule has 0 amide bonds. The van der Waals surface area contributed by atoms with E-state index >= 15 is 0 Å². The van der Waals surface area contributed by atoms with Crippen LogP contribution in [-0.4, -0.2) is 30.2 Å². The van der Waals surface area contributed by atoms with Crippen molar-refractivity contribution in [2.75, 3.05) is 18.0 Å². The number of aryl methyl sites for hydroxylation is 1. The molecule has 1 aromatic heterocycles. The van der Waals surface area contributed by atoms with Crippen molar-refractivity contribution in [1.29, 1.82) is 0 Å². The third-order valence-corrected chi connectivity index (χ3v) is 4.03. The average Bonchev–Trinajstić information content (AvgIpc) is 2.45. The van der Waals surface area contributed by atoms with E-state index in [4.69, 9.17) is 0 Å². The van der Waals surface area contributed by atoms with E-state index < -0.39 is 0 Å². The highest BCUT2D eigenvalue weighted by Gasteiger charge is 2.27. The Morgan fingerprint density at radius 3 is 2.95 bits per heavy atom. The molecule has 1 aromatic rings. The van der Waals surface area contributed by atoms with Crippen molar-refractivity contribution in [1.82, 2.24) is 10.3 Å². The van der Waals surface area contributed by atoms with E-state index in [0.29, 0.717) is 12.1 Å². The number of pyridine rings is 1. The maximum atomic E-state index is 4.61. The molecule has 2 atom stereocenters. The first-order valence-corrected chi connectivity index (χ1v) is 7.65. The molecule has 1 aliphatic rings. The molecule has 1 fully saturated rings. The third-order valence-electron chi connectivity index (χ3n) is 4.03. The lowest BCUT2D eigenvalue weighted by molar-refractivity contribution is 0.366. The molecule has 0 bridgehead atoms. The van der Waals surface area contributed by atoms with Crippen LogP contribution in [0.2, 0.25) is 0 Å². The first kappa shape index (κ1) is 14.3. The fraction of sp³-hybridized carbons (Fsp3) is 0.688. The van der Waals surface area contributed by atoms with Crippen molar-refractivity contribution in [3.05, 3.63) is 23.9 Å². The molecule has 3 heteroatoms. The van der Waals surface area contributed by atoms with Crippen LogP contribution in [0.4, 0.5) is 5.82 Å². The lowest BCUT2D eigenvalue weighted by Crippen LogP contribution is -2.51. The van der Waals surface area contributed by atoms with Crippen LogP contribution in [0.5, 0.6) is 0 Å². The number of rotatable bonds is 5. The normalized spacial score (nSPS) is 21.4. The first-order valence-electron chi connectivity index (χ1n) is 7.65. The van der Waals surface area contributed by atoms with Crippen LogP contribution >= 0.6 is 0 Å². The third kappa shape index (κ3) is 3.69. The molecule has 19 heavy (non-hydrogen) atoms. The fourth-order valence-corrected chi connectivity index (χ4v) is 2.90. The van der Waals surface area contributed by atoms with Gasteiger partial charge in [-0.25, -0.2) is 4.98 Å². The summed E-state index contributed by atoms with van der Waals surface area (Å²) in [5.74, 6) is 1.14. The van der Waals surface area contributed by atoms with Crippen LogP contribution in [0.3, 0.4) is 0 Å². The molecule has 1 saturated heterocycles. The van der Waals surface area contributed by atoms with Gasteiger partial charge in [-0.2, -0.15) is 0 Å². The number of piperidine rings is 1. The van der Waals surface area contributed by atoms with Gasteiger partial charge in [0.05, 0.1) is 0 Å². The molecule has 106 valence electrons. The molecular weight excluding hydrogens is 234 g/mol. The van der Waals surface area contributed by atoms with Gasteiger partial charge in [-0.3, -0.25) is 0 Å². The van der Waals surface area contributed by atoms with E-state index in [1.165, 1.54) is 31.2 Å². The SMILES string of the molecule is CCCNC(C)C1CCCCN1c1ccc(C)cn1. The lowest BCUT2D eigenvalue weighted by atomic mass is 9.96. The summed E-state index contributed by atoms with van der Waals surface area (Å²) < 4.78 is 0. The molecule has 2 heterocycles. The molecule has 1 N–H and O–H groups in total. The van der Waals surface area contributed by atoms with Gasteiger partial charge in [-0.15, -0.1) is 0 Å². The first-order chi connectivity index (χ1) is 9.22. The molecular formula is C16H27N3. The summed E-state index contributed by atoms with van der Waals surface area (Å²) in [6, 6.07) is 5.44. The minimum absolute atomic E-state index is 0.531. The Hall–Kier alpha value is -1.09. The van der Waals surface area contributed by atoms with Crippen molar-refractivity contribution in [3.8, 4) is 0 Å². The van der Waals surface area contributed by atoms with Crippen LogP contribution in [0.1, 0.15) is 45.1 Å². The van der Waals surface area contributed by atoms with E-state index in [2.05, 4.69) is 48.1 Å². The van der Waals surface area contributed by atoms with E-state index in [1.807, 2.05) is 6.20 Å². The Morgan fingerprint density at radius 2 is 2.26 bits per heavy atom. The van der Waals surface area contributed by atoms with Crippen LogP contribution < -0.4 is 10.2 Å². The van der Waals surface area contributed by atoms with E-state index in [0.717, 1.165) is 18.9 Å². The van der Waals surface area contributed by atoms with Gasteiger partial charge in [0.2, 0.25) is 0 Å². The second kappa shape index (κ2) is 6.90. The van der Waals surface area contributed by atoms with E-state index in [9.17, 15) is 0 Å². The summed E-state index contributed by atoms with van der Waals surface area (Å²) in [7, 11) is 0. The molecule has 0 spiro atoms. The van der Waals surface area contributed by atoms with Gasteiger partial charge in [0.1, 0.15) is 5.82 Å². The number of nitrogens with one attached hydrogen (secondary N) is 1. The Balaban J connectivity index is 2.08. The van der Waals surface area contributed by atoms with Crippen LogP contribution in [0, 0.1) is 6.92 Å². The van der Waals surface area contributed by atoms with Gasteiger partial charge in [0, 0.05) is 24.8 Å². The van der Waals surface area contributed by atoms with Crippen molar-refractivity contribution >= 4 is 5.82 Å². The summed E-state index contributed by atoms with van der Waals surface area (Å²) >= 11 is 0. The standard InChI is InChI=1S/C16H27N3/c1-4-10-17-14(3)15-7-5-6-11-19(15)16-9-8-13(2)12-18-16/h8-9,12,14-15,17H,4-7,10-11H2,1-3H3. The van der Waals surface area contributed by atoms with E-state index in [-0.39, 0.29) is 0 Å². The van der Waals surface area contributed by atoms with Gasteiger partial charge in [-0.05, 0) is 57.7 Å².